The van der Waals surface area contributed by atoms with Crippen molar-refractivity contribution >= 4 is 47.3 Å². The Kier molecular flexibility index (Phi) is 9.19. The molecule has 1 saturated heterocycles. The predicted octanol–water partition coefficient (Wildman–Crippen LogP) is -3.75. The quantitative estimate of drug-likeness (QED) is 0.239. The average molecular weight is 450 g/mol. The van der Waals surface area contributed by atoms with Crippen molar-refractivity contribution < 1.29 is 71.8 Å². The standard InChI is InChI=1S/C14H15F3N2O6S2.Na/c1-6(20)25-2-7-3-27-12-9(11(22)19(12)10(7)13(23)24)18-8(21)4-26-5-14(15,16)17;/h9,12H,2-5H2,1H3,(H,18,21)(H,23,24);/q;+1/p-1/t9-,12-;/m1./s1. The number of halogens is 3. The van der Waals surface area contributed by atoms with E-state index in [4.69, 9.17) is 4.74 Å². The van der Waals surface area contributed by atoms with Gasteiger partial charge in [-0.25, -0.2) is 0 Å². The molecule has 0 bridgehead atoms. The van der Waals surface area contributed by atoms with Gasteiger partial charge in [0.1, 0.15) is 18.0 Å². The van der Waals surface area contributed by atoms with Crippen molar-refractivity contribution in [2.75, 3.05) is 23.9 Å². The third-order valence-corrected chi connectivity index (χ3v) is 5.84. The summed E-state index contributed by atoms with van der Waals surface area (Å²) >= 11 is 1.50. The molecule has 1 N–H and O–H groups in total. The first-order valence-electron chi connectivity index (χ1n) is 7.46. The second-order valence-electron chi connectivity index (χ2n) is 5.58. The number of nitrogens with one attached hydrogen (secondary N) is 1. The van der Waals surface area contributed by atoms with Gasteiger partial charge in [-0.05, 0) is 0 Å². The number of alkyl halides is 3. The molecule has 0 aliphatic carbocycles. The minimum absolute atomic E-state index is 0. The largest absolute Gasteiger partial charge is 1.00 e. The van der Waals surface area contributed by atoms with E-state index in [1.807, 2.05) is 0 Å². The fraction of sp³-hybridized carbons (Fsp3) is 0.571. The van der Waals surface area contributed by atoms with Crippen molar-refractivity contribution in [2.45, 2.75) is 24.5 Å². The number of fused-ring (bicyclic) bond motifs is 1. The number of esters is 1. The maximum Gasteiger partial charge on any atom is 1.00 e. The number of carbonyl (C=O) groups is 4. The van der Waals surface area contributed by atoms with Gasteiger partial charge in [0.2, 0.25) is 5.91 Å². The first-order chi connectivity index (χ1) is 12.5. The van der Waals surface area contributed by atoms with Crippen LogP contribution in [-0.4, -0.2) is 70.1 Å². The number of amides is 2. The Hall–Kier alpha value is -0.890. The molecule has 2 aliphatic heterocycles. The van der Waals surface area contributed by atoms with Gasteiger partial charge in [0.15, 0.2) is 0 Å². The van der Waals surface area contributed by atoms with Crippen LogP contribution in [0.1, 0.15) is 6.92 Å². The van der Waals surface area contributed by atoms with Gasteiger partial charge in [-0.15, -0.1) is 23.5 Å². The minimum atomic E-state index is -4.40. The Morgan fingerprint density at radius 3 is 2.57 bits per heavy atom. The summed E-state index contributed by atoms with van der Waals surface area (Å²) < 4.78 is 41.0. The summed E-state index contributed by atoms with van der Waals surface area (Å²) in [6.45, 7) is 0.836. The Labute approximate surface area is 188 Å². The molecule has 0 aromatic carbocycles. The molecule has 0 aromatic rings. The summed E-state index contributed by atoms with van der Waals surface area (Å²) in [5.74, 6) is -5.28. The van der Waals surface area contributed by atoms with Crippen LogP contribution in [0, 0.1) is 0 Å². The number of hydrogen-bond donors (Lipinski definition) is 1. The second-order valence-corrected chi connectivity index (χ2v) is 7.67. The summed E-state index contributed by atoms with van der Waals surface area (Å²) in [7, 11) is 0. The average Bonchev–Trinajstić information content (AvgIpc) is 2.55. The van der Waals surface area contributed by atoms with Crippen molar-refractivity contribution in [3.05, 3.63) is 11.3 Å². The molecule has 0 spiro atoms. The van der Waals surface area contributed by atoms with Gasteiger partial charge in [-0.3, -0.25) is 19.3 Å². The second kappa shape index (κ2) is 10.2. The van der Waals surface area contributed by atoms with Crippen LogP contribution in [0.15, 0.2) is 11.3 Å². The molecule has 150 valence electrons. The topological polar surface area (TPSA) is 116 Å². The molecule has 2 atom stereocenters. The number of hydrogen-bond acceptors (Lipinski definition) is 8. The van der Waals surface area contributed by atoms with Gasteiger partial charge >= 0.3 is 41.7 Å². The molecule has 0 aromatic heterocycles. The van der Waals surface area contributed by atoms with Gasteiger partial charge in [-0.2, -0.15) is 13.2 Å². The van der Waals surface area contributed by atoms with Gasteiger partial charge in [-0.1, -0.05) is 0 Å². The van der Waals surface area contributed by atoms with Crippen LogP contribution < -0.4 is 40.0 Å². The molecule has 2 heterocycles. The zero-order valence-corrected chi connectivity index (χ0v) is 18.5. The SMILES string of the molecule is CC(=O)OCC1=C(C(=O)[O-])N2C(=O)[C@@H](NC(=O)CSCC(F)(F)F)[C@H]2SC1.[Na+]. The van der Waals surface area contributed by atoms with Crippen LogP contribution in [0.5, 0.6) is 0 Å². The van der Waals surface area contributed by atoms with Gasteiger partial charge in [0.25, 0.3) is 5.91 Å². The van der Waals surface area contributed by atoms with E-state index >= 15 is 0 Å². The molecule has 1 fully saturated rings. The number of carbonyl (C=O) groups excluding carboxylic acids is 4. The monoisotopic (exact) mass is 450 g/mol. The van der Waals surface area contributed by atoms with E-state index in [0.29, 0.717) is 11.8 Å². The predicted molar refractivity (Wildman–Crippen MR) is 87.1 cm³/mol. The molecule has 28 heavy (non-hydrogen) atoms. The number of aliphatic carboxylic acids is 1. The van der Waals surface area contributed by atoms with E-state index in [1.54, 1.807) is 0 Å². The number of β-lactam (4-membered cyclic amide) rings is 1. The molecule has 14 heteroatoms. The maximum atomic E-state index is 12.2. The molecule has 8 nitrogen and oxygen atoms in total. The zero-order valence-electron chi connectivity index (χ0n) is 14.8. The van der Waals surface area contributed by atoms with Crippen molar-refractivity contribution in [3.8, 4) is 0 Å². The third-order valence-electron chi connectivity index (χ3n) is 3.51. The molecular weight excluding hydrogens is 436 g/mol. The molecule has 0 saturated carbocycles. The Balaban J connectivity index is 0.00000392. The zero-order chi connectivity index (χ0) is 20.4. The summed E-state index contributed by atoms with van der Waals surface area (Å²) in [6.07, 6.45) is -4.40. The van der Waals surface area contributed by atoms with E-state index in [2.05, 4.69) is 5.32 Å². The van der Waals surface area contributed by atoms with E-state index in [1.165, 1.54) is 0 Å². The van der Waals surface area contributed by atoms with Crippen LogP contribution in [-0.2, 0) is 23.9 Å². The normalized spacial score (nSPS) is 21.3. The maximum absolute atomic E-state index is 12.2. The first kappa shape index (κ1) is 25.1. The van der Waals surface area contributed by atoms with E-state index in [0.717, 1.165) is 23.6 Å². The van der Waals surface area contributed by atoms with Crippen LogP contribution in [0.3, 0.4) is 0 Å². The van der Waals surface area contributed by atoms with Crippen molar-refractivity contribution in [1.82, 2.24) is 10.2 Å². The van der Waals surface area contributed by atoms with Crippen molar-refractivity contribution in [3.63, 3.8) is 0 Å². The van der Waals surface area contributed by atoms with Crippen molar-refractivity contribution in [2.24, 2.45) is 0 Å². The Morgan fingerprint density at radius 1 is 1.39 bits per heavy atom. The number of carboxylic acids is 1. The molecule has 2 rings (SSSR count). The molecule has 0 radical (unpaired) electrons. The van der Waals surface area contributed by atoms with E-state index in [9.17, 15) is 37.5 Å². The third kappa shape index (κ3) is 6.31. The molecule has 2 aliphatic rings. The molecular formula is C14H14F3N2NaO6S2. The van der Waals surface area contributed by atoms with Crippen LogP contribution in [0.4, 0.5) is 13.2 Å². The van der Waals surface area contributed by atoms with Crippen LogP contribution in [0.25, 0.3) is 0 Å². The minimum Gasteiger partial charge on any atom is -0.543 e. The summed E-state index contributed by atoms with van der Waals surface area (Å²) in [5.41, 5.74) is -0.229. The summed E-state index contributed by atoms with van der Waals surface area (Å²) in [6, 6.07) is -1.04. The molecule has 0 unspecified atom stereocenters. The van der Waals surface area contributed by atoms with E-state index in [-0.39, 0.29) is 47.5 Å². The number of rotatable bonds is 7. The van der Waals surface area contributed by atoms with Crippen LogP contribution in [0.2, 0.25) is 0 Å². The Bertz CT molecular complexity index is 703. The van der Waals surface area contributed by atoms with E-state index < -0.39 is 58.5 Å². The number of carboxylic acid groups (broad SMARTS) is 1. The fourth-order valence-electron chi connectivity index (χ4n) is 2.45. The fourth-order valence-corrected chi connectivity index (χ4v) is 4.38. The van der Waals surface area contributed by atoms with Crippen LogP contribution >= 0.6 is 23.5 Å². The molecule has 2 amide bonds. The van der Waals surface area contributed by atoms with Gasteiger partial charge in [0.05, 0.1) is 23.2 Å². The summed E-state index contributed by atoms with van der Waals surface area (Å²) in [4.78, 5) is 47.2. The van der Waals surface area contributed by atoms with Gasteiger partial charge in [0, 0.05) is 18.2 Å². The Morgan fingerprint density at radius 2 is 2.04 bits per heavy atom. The number of nitrogens with zero attached hydrogens (tertiary/aromatic N) is 1. The summed E-state index contributed by atoms with van der Waals surface area (Å²) in [5, 5.41) is 13.0. The van der Waals surface area contributed by atoms with Gasteiger partial charge < -0.3 is 20.0 Å². The smallest absolute Gasteiger partial charge is 0.543 e. The number of ether oxygens (including phenoxy) is 1. The number of thioether (sulfide) groups is 2. The van der Waals surface area contributed by atoms with Crippen molar-refractivity contribution in [1.29, 1.82) is 0 Å². The first-order valence-corrected chi connectivity index (χ1v) is 9.67.